The number of amides is 2. The van der Waals surface area contributed by atoms with Crippen molar-refractivity contribution in [3.63, 3.8) is 0 Å². The number of fused-ring (bicyclic) bond motifs is 1. The number of hydrogen-bond acceptors (Lipinski definition) is 4. The monoisotopic (exact) mass is 365 g/mol. The van der Waals surface area contributed by atoms with Crippen LogP contribution in [0.4, 0.5) is 10.2 Å². The second-order valence-corrected chi connectivity index (χ2v) is 5.68. The average molecular weight is 366 g/mol. The number of nitrogens with two attached hydrogens (primary N) is 1. The van der Waals surface area contributed by atoms with E-state index >= 15 is 0 Å². The fraction of sp³-hybridized carbons (Fsp3) is 0.0714. The number of nitrogens with one attached hydrogen (secondary N) is 1. The predicted molar refractivity (Wildman–Crippen MR) is 80.6 cm³/mol. The molecule has 1 aromatic carbocycles. The van der Waals surface area contributed by atoms with Crippen LogP contribution in [-0.2, 0) is 0 Å². The highest BCUT2D eigenvalue weighted by Gasteiger charge is 2.32. The molecule has 0 radical (unpaired) electrons. The molecule has 112 valence electrons. The van der Waals surface area contributed by atoms with Gasteiger partial charge in [-0.05, 0) is 40.5 Å². The molecule has 3 rings (SSSR count). The van der Waals surface area contributed by atoms with Crippen LogP contribution in [0.5, 0.6) is 0 Å². The number of pyridine rings is 1. The number of carbonyl (C=O) groups excluding carboxylic acids is 2. The second-order valence-electron chi connectivity index (χ2n) is 4.83. The van der Waals surface area contributed by atoms with E-state index in [9.17, 15) is 18.8 Å². The molecule has 0 saturated carbocycles. The summed E-state index contributed by atoms with van der Waals surface area (Å²) in [5.41, 5.74) is 5.63. The first-order valence-corrected chi connectivity index (χ1v) is 6.97. The third kappa shape index (κ3) is 1.95. The average Bonchev–Trinajstić information content (AvgIpc) is 2.70. The fourth-order valence-electron chi connectivity index (χ4n) is 2.33. The Morgan fingerprint density at radius 3 is 2.55 bits per heavy atom. The van der Waals surface area contributed by atoms with E-state index in [4.69, 9.17) is 5.73 Å². The van der Waals surface area contributed by atoms with Crippen molar-refractivity contribution < 1.29 is 14.0 Å². The van der Waals surface area contributed by atoms with Gasteiger partial charge in [-0.15, -0.1) is 0 Å². The van der Waals surface area contributed by atoms with Gasteiger partial charge in [0.25, 0.3) is 17.4 Å². The SMILES string of the molecule is Cc1cc(Br)c(-n2c(N)c3c(cc2=O)C(=O)NC3=O)cc1F. The van der Waals surface area contributed by atoms with Gasteiger partial charge in [0.05, 0.1) is 16.8 Å². The number of imide groups is 1. The Hall–Kier alpha value is -2.48. The number of carbonyl (C=O) groups is 2. The molecule has 3 N–H and O–H groups in total. The highest BCUT2D eigenvalue weighted by Crippen LogP contribution is 2.28. The van der Waals surface area contributed by atoms with Crippen molar-refractivity contribution in [3.05, 3.63) is 55.5 Å². The summed E-state index contributed by atoms with van der Waals surface area (Å²) in [6, 6.07) is 3.64. The van der Waals surface area contributed by atoms with E-state index in [0.717, 1.165) is 16.7 Å². The van der Waals surface area contributed by atoms with E-state index in [1.165, 1.54) is 6.07 Å². The van der Waals surface area contributed by atoms with Gasteiger partial charge in [0.15, 0.2) is 0 Å². The van der Waals surface area contributed by atoms with Crippen LogP contribution in [0.2, 0.25) is 0 Å². The largest absolute Gasteiger partial charge is 0.384 e. The van der Waals surface area contributed by atoms with Crippen LogP contribution in [0.15, 0.2) is 27.5 Å². The summed E-state index contributed by atoms with van der Waals surface area (Å²) in [5, 5.41) is 2.07. The first kappa shape index (κ1) is 14.5. The third-order valence-corrected chi connectivity index (χ3v) is 4.06. The Bertz CT molecular complexity index is 921. The van der Waals surface area contributed by atoms with E-state index in [1.54, 1.807) is 6.92 Å². The molecule has 0 fully saturated rings. The van der Waals surface area contributed by atoms with E-state index in [1.807, 2.05) is 0 Å². The van der Waals surface area contributed by atoms with Gasteiger partial charge in [0, 0.05) is 10.5 Å². The van der Waals surface area contributed by atoms with Crippen molar-refractivity contribution >= 4 is 33.6 Å². The maximum Gasteiger partial charge on any atom is 0.262 e. The number of rotatable bonds is 1. The first-order chi connectivity index (χ1) is 10.3. The minimum Gasteiger partial charge on any atom is -0.384 e. The molecule has 0 aliphatic carbocycles. The molecule has 0 unspecified atom stereocenters. The highest BCUT2D eigenvalue weighted by molar-refractivity contribution is 9.10. The normalized spacial score (nSPS) is 13.2. The van der Waals surface area contributed by atoms with Crippen molar-refractivity contribution in [2.24, 2.45) is 0 Å². The van der Waals surface area contributed by atoms with Gasteiger partial charge in [-0.1, -0.05) is 0 Å². The quantitative estimate of drug-likeness (QED) is 0.749. The van der Waals surface area contributed by atoms with Crippen molar-refractivity contribution in [1.29, 1.82) is 0 Å². The van der Waals surface area contributed by atoms with Gasteiger partial charge < -0.3 is 5.73 Å². The summed E-state index contributed by atoms with van der Waals surface area (Å²) in [6.45, 7) is 1.57. The molecule has 1 aliphatic rings. The maximum absolute atomic E-state index is 13.8. The second kappa shape index (κ2) is 4.77. The molecule has 8 heteroatoms. The van der Waals surface area contributed by atoms with Crippen LogP contribution >= 0.6 is 15.9 Å². The van der Waals surface area contributed by atoms with Crippen molar-refractivity contribution in [2.75, 3.05) is 5.73 Å². The molecule has 0 bridgehead atoms. The highest BCUT2D eigenvalue weighted by atomic mass is 79.9. The number of hydrogen-bond donors (Lipinski definition) is 2. The molecule has 0 spiro atoms. The van der Waals surface area contributed by atoms with Crippen LogP contribution in [0.1, 0.15) is 26.3 Å². The molecular formula is C14H9BrFN3O3. The standard InChI is InChI=1S/C14H9BrFN3O3/c1-5-2-7(15)9(4-8(5)16)19-10(20)3-6-11(12(19)17)14(22)18-13(6)21/h2-4H,17H2,1H3,(H,18,21,22). The van der Waals surface area contributed by atoms with Crippen LogP contribution in [0.3, 0.4) is 0 Å². The van der Waals surface area contributed by atoms with Gasteiger partial charge >= 0.3 is 0 Å². The minimum atomic E-state index is -0.685. The Balaban J connectivity index is 2.37. The molecule has 6 nitrogen and oxygen atoms in total. The minimum absolute atomic E-state index is 0.0764. The zero-order valence-corrected chi connectivity index (χ0v) is 12.8. The third-order valence-electron chi connectivity index (χ3n) is 3.42. The zero-order chi connectivity index (χ0) is 16.2. The summed E-state index contributed by atoms with van der Waals surface area (Å²) in [6.07, 6.45) is 0. The summed E-state index contributed by atoms with van der Waals surface area (Å²) in [5.74, 6) is -2.10. The van der Waals surface area contributed by atoms with Gasteiger partial charge in [-0.25, -0.2) is 4.39 Å². The van der Waals surface area contributed by atoms with Crippen LogP contribution in [0.25, 0.3) is 5.69 Å². The molecular weight excluding hydrogens is 357 g/mol. The van der Waals surface area contributed by atoms with Gasteiger partial charge in [-0.2, -0.15) is 0 Å². The number of aromatic nitrogens is 1. The molecule has 0 saturated heterocycles. The van der Waals surface area contributed by atoms with Gasteiger partial charge in [-0.3, -0.25) is 24.3 Å². The predicted octanol–water partition coefficient (Wildman–Crippen LogP) is 1.51. The zero-order valence-electron chi connectivity index (χ0n) is 11.2. The number of anilines is 1. The van der Waals surface area contributed by atoms with E-state index in [-0.39, 0.29) is 22.6 Å². The maximum atomic E-state index is 13.8. The lowest BCUT2D eigenvalue weighted by Crippen LogP contribution is -2.24. The lowest BCUT2D eigenvalue weighted by Gasteiger charge is -2.14. The van der Waals surface area contributed by atoms with Crippen molar-refractivity contribution in [3.8, 4) is 5.69 Å². The number of benzene rings is 1. The Morgan fingerprint density at radius 2 is 1.86 bits per heavy atom. The number of halogens is 2. The fourth-order valence-corrected chi connectivity index (χ4v) is 2.97. The molecule has 2 aromatic rings. The van der Waals surface area contributed by atoms with E-state index in [2.05, 4.69) is 21.2 Å². The Labute approximate surface area is 131 Å². The lowest BCUT2D eigenvalue weighted by molar-refractivity contribution is 0.0880. The van der Waals surface area contributed by atoms with E-state index in [0.29, 0.717) is 10.0 Å². The smallest absolute Gasteiger partial charge is 0.262 e. The Morgan fingerprint density at radius 1 is 1.18 bits per heavy atom. The van der Waals surface area contributed by atoms with Crippen LogP contribution in [-0.4, -0.2) is 16.4 Å². The summed E-state index contributed by atoms with van der Waals surface area (Å²) in [7, 11) is 0. The molecule has 0 atom stereocenters. The summed E-state index contributed by atoms with van der Waals surface area (Å²) >= 11 is 3.24. The topological polar surface area (TPSA) is 94.2 Å². The lowest BCUT2D eigenvalue weighted by atomic mass is 10.1. The Kier molecular flexibility index (Phi) is 3.13. The van der Waals surface area contributed by atoms with E-state index < -0.39 is 23.2 Å². The number of nitrogen functional groups attached to an aromatic ring is 1. The van der Waals surface area contributed by atoms with Crippen LogP contribution in [0, 0.1) is 12.7 Å². The number of aryl methyl sites for hydroxylation is 1. The van der Waals surface area contributed by atoms with Gasteiger partial charge in [0.2, 0.25) is 0 Å². The van der Waals surface area contributed by atoms with Crippen LogP contribution < -0.4 is 16.6 Å². The molecule has 22 heavy (non-hydrogen) atoms. The number of nitrogens with zero attached hydrogens (tertiary/aromatic N) is 1. The molecule has 1 aromatic heterocycles. The van der Waals surface area contributed by atoms with Crippen molar-refractivity contribution in [2.45, 2.75) is 6.92 Å². The molecule has 2 amide bonds. The summed E-state index contributed by atoms with van der Waals surface area (Å²) < 4.78 is 15.2. The van der Waals surface area contributed by atoms with Gasteiger partial charge in [0.1, 0.15) is 11.6 Å². The molecule has 1 aliphatic heterocycles. The van der Waals surface area contributed by atoms with Crippen molar-refractivity contribution in [1.82, 2.24) is 9.88 Å². The summed E-state index contributed by atoms with van der Waals surface area (Å²) in [4.78, 5) is 35.6. The first-order valence-electron chi connectivity index (χ1n) is 6.18. The molecule has 2 heterocycles.